The Morgan fingerprint density at radius 2 is 2.50 bits per heavy atom. The molecule has 0 aliphatic rings. The highest BCUT2D eigenvalue weighted by molar-refractivity contribution is 5.95. The largest absolute Gasteiger partial charge is 0.380 e. The van der Waals surface area contributed by atoms with E-state index in [4.69, 9.17) is 11.6 Å². The average molecular weight is 139 g/mol. The Bertz CT molecular complexity index is 248. The molecule has 0 saturated heterocycles. The van der Waals surface area contributed by atoms with Gasteiger partial charge in [0.15, 0.2) is 5.84 Å². The highest BCUT2D eigenvalue weighted by atomic mass is 15.2. The highest BCUT2D eigenvalue weighted by Gasteiger charge is 1.98. The van der Waals surface area contributed by atoms with Crippen molar-refractivity contribution in [1.29, 1.82) is 0 Å². The lowest BCUT2D eigenvalue weighted by atomic mass is 10.4. The number of nitrogens with zero attached hydrogens (tertiary/aromatic N) is 3. The van der Waals surface area contributed by atoms with Crippen LogP contribution in [0.15, 0.2) is 17.6 Å². The fourth-order valence-corrected chi connectivity index (χ4v) is 0.611. The van der Waals surface area contributed by atoms with Crippen molar-refractivity contribution in [1.82, 2.24) is 9.55 Å². The van der Waals surface area contributed by atoms with E-state index in [-0.39, 0.29) is 5.84 Å². The van der Waals surface area contributed by atoms with Crippen LogP contribution in [0.3, 0.4) is 0 Å². The lowest BCUT2D eigenvalue weighted by Crippen LogP contribution is -2.15. The third-order valence-corrected chi connectivity index (χ3v) is 1.11. The molecule has 1 heterocycles. The second-order valence-corrected chi connectivity index (χ2v) is 1.94. The second-order valence-electron chi connectivity index (χ2n) is 1.94. The normalized spacial score (nSPS) is 11.9. The molecule has 0 fully saturated rings. The summed E-state index contributed by atoms with van der Waals surface area (Å²) < 4.78 is 1.77. The van der Waals surface area contributed by atoms with Gasteiger partial charge >= 0.3 is 0 Å². The van der Waals surface area contributed by atoms with Crippen molar-refractivity contribution < 1.29 is 0 Å². The SMILES string of the molecule is Cn1cnc(/C(N)=N/N)c1. The van der Waals surface area contributed by atoms with Gasteiger partial charge in [-0.05, 0) is 0 Å². The molecular formula is C5H9N5. The predicted molar refractivity (Wildman–Crippen MR) is 38.1 cm³/mol. The smallest absolute Gasteiger partial charge is 0.170 e. The standard InChI is InChI=1S/C5H9N5/c1-10-2-4(8-3-10)5(6)9-7/h2-3H,7H2,1H3,(H2,6,9). The van der Waals surface area contributed by atoms with Crippen molar-refractivity contribution in [2.45, 2.75) is 0 Å². The lowest BCUT2D eigenvalue weighted by Gasteiger charge is -1.88. The molecule has 4 N–H and O–H groups in total. The maximum Gasteiger partial charge on any atom is 0.170 e. The van der Waals surface area contributed by atoms with Gasteiger partial charge in [0, 0.05) is 13.2 Å². The van der Waals surface area contributed by atoms with Crippen molar-refractivity contribution in [2.24, 2.45) is 23.7 Å². The zero-order valence-corrected chi connectivity index (χ0v) is 5.65. The van der Waals surface area contributed by atoms with Crippen LogP contribution in [0, 0.1) is 0 Å². The molecule has 0 amide bonds. The second kappa shape index (κ2) is 2.38. The number of nitrogens with two attached hydrogens (primary N) is 2. The third kappa shape index (κ3) is 1.07. The molecule has 5 heteroatoms. The maximum absolute atomic E-state index is 5.36. The molecule has 1 aromatic rings. The van der Waals surface area contributed by atoms with Gasteiger partial charge in [-0.2, -0.15) is 5.10 Å². The molecule has 1 aromatic heterocycles. The van der Waals surface area contributed by atoms with E-state index in [2.05, 4.69) is 10.1 Å². The van der Waals surface area contributed by atoms with Gasteiger partial charge < -0.3 is 16.1 Å². The summed E-state index contributed by atoms with van der Waals surface area (Å²) in [7, 11) is 1.85. The van der Waals surface area contributed by atoms with E-state index < -0.39 is 0 Å². The van der Waals surface area contributed by atoms with Crippen LogP contribution in [-0.2, 0) is 7.05 Å². The van der Waals surface area contributed by atoms with Gasteiger partial charge in [-0.3, -0.25) is 0 Å². The van der Waals surface area contributed by atoms with Gasteiger partial charge in [0.25, 0.3) is 0 Å². The van der Waals surface area contributed by atoms with E-state index in [9.17, 15) is 0 Å². The summed E-state index contributed by atoms with van der Waals surface area (Å²) in [6.45, 7) is 0. The minimum absolute atomic E-state index is 0.251. The predicted octanol–water partition coefficient (Wildman–Crippen LogP) is -1.00. The summed E-state index contributed by atoms with van der Waals surface area (Å²) in [6.07, 6.45) is 3.37. The van der Waals surface area contributed by atoms with Gasteiger partial charge in [-0.1, -0.05) is 0 Å². The molecule has 0 aromatic carbocycles. The Balaban J connectivity index is 2.95. The zero-order chi connectivity index (χ0) is 7.56. The number of aromatic nitrogens is 2. The molecule has 0 unspecified atom stereocenters. The fraction of sp³-hybridized carbons (Fsp3) is 0.200. The lowest BCUT2D eigenvalue weighted by molar-refractivity contribution is 0.913. The van der Waals surface area contributed by atoms with E-state index >= 15 is 0 Å². The minimum atomic E-state index is 0.251. The minimum Gasteiger partial charge on any atom is -0.380 e. The van der Waals surface area contributed by atoms with Crippen molar-refractivity contribution >= 4 is 5.84 Å². The molecule has 0 bridgehead atoms. The average Bonchev–Trinajstić information content (AvgIpc) is 2.34. The molecule has 0 radical (unpaired) electrons. The third-order valence-electron chi connectivity index (χ3n) is 1.11. The summed E-state index contributed by atoms with van der Waals surface area (Å²) >= 11 is 0. The molecule has 10 heavy (non-hydrogen) atoms. The number of hydrazone groups is 1. The van der Waals surface area contributed by atoms with Crippen molar-refractivity contribution in [3.8, 4) is 0 Å². The summed E-state index contributed by atoms with van der Waals surface area (Å²) in [4.78, 5) is 3.91. The Morgan fingerprint density at radius 3 is 2.90 bits per heavy atom. The first kappa shape index (κ1) is 6.60. The molecule has 0 spiro atoms. The molecule has 54 valence electrons. The zero-order valence-electron chi connectivity index (χ0n) is 5.65. The van der Waals surface area contributed by atoms with Crippen molar-refractivity contribution in [2.75, 3.05) is 0 Å². The monoisotopic (exact) mass is 139 g/mol. The molecule has 5 nitrogen and oxygen atoms in total. The highest BCUT2D eigenvalue weighted by Crippen LogP contribution is 1.91. The Kier molecular flexibility index (Phi) is 1.57. The van der Waals surface area contributed by atoms with Crippen LogP contribution in [0.1, 0.15) is 5.69 Å². The molecule has 0 saturated carbocycles. The van der Waals surface area contributed by atoms with Gasteiger partial charge in [0.05, 0.1) is 6.33 Å². The maximum atomic E-state index is 5.36. The number of hydrogen-bond acceptors (Lipinski definition) is 3. The Hall–Kier alpha value is -1.52. The number of hydrogen-bond donors (Lipinski definition) is 2. The first-order valence-electron chi connectivity index (χ1n) is 2.75. The first-order valence-corrected chi connectivity index (χ1v) is 2.75. The number of rotatable bonds is 1. The van der Waals surface area contributed by atoms with Gasteiger partial charge in [0.2, 0.25) is 0 Å². The molecule has 1 rings (SSSR count). The van der Waals surface area contributed by atoms with Crippen LogP contribution in [0.5, 0.6) is 0 Å². The summed E-state index contributed by atoms with van der Waals surface area (Å²) in [5.41, 5.74) is 5.96. The molecular weight excluding hydrogens is 130 g/mol. The van der Waals surface area contributed by atoms with Gasteiger partial charge in [-0.25, -0.2) is 4.98 Å². The summed E-state index contributed by atoms with van der Waals surface area (Å²) in [5.74, 6) is 5.18. The van der Waals surface area contributed by atoms with Crippen LogP contribution in [0.2, 0.25) is 0 Å². The van der Waals surface area contributed by atoms with E-state index in [1.165, 1.54) is 0 Å². The van der Waals surface area contributed by atoms with Crippen LogP contribution >= 0.6 is 0 Å². The first-order chi connectivity index (χ1) is 4.74. The van der Waals surface area contributed by atoms with E-state index in [0.717, 1.165) is 0 Å². The molecule has 0 aliphatic heterocycles. The molecule has 0 atom stereocenters. The topological polar surface area (TPSA) is 82.2 Å². The van der Waals surface area contributed by atoms with E-state index in [1.807, 2.05) is 7.05 Å². The molecule has 0 aliphatic carbocycles. The Labute approximate surface area is 58.3 Å². The Morgan fingerprint density at radius 1 is 1.80 bits per heavy atom. The van der Waals surface area contributed by atoms with Crippen LogP contribution < -0.4 is 11.6 Å². The van der Waals surface area contributed by atoms with Crippen LogP contribution in [0.4, 0.5) is 0 Å². The number of imidazole rings is 1. The van der Waals surface area contributed by atoms with Crippen molar-refractivity contribution in [3.05, 3.63) is 18.2 Å². The fourth-order valence-electron chi connectivity index (χ4n) is 0.611. The summed E-state index contributed by atoms with van der Waals surface area (Å²) in [6, 6.07) is 0. The van der Waals surface area contributed by atoms with Gasteiger partial charge in [-0.15, -0.1) is 0 Å². The van der Waals surface area contributed by atoms with Crippen LogP contribution in [0.25, 0.3) is 0 Å². The number of amidine groups is 1. The van der Waals surface area contributed by atoms with Gasteiger partial charge in [0.1, 0.15) is 5.69 Å². The quantitative estimate of drug-likeness (QED) is 0.226. The summed E-state index contributed by atoms with van der Waals surface area (Å²) in [5, 5.41) is 3.29. The van der Waals surface area contributed by atoms with Crippen LogP contribution in [-0.4, -0.2) is 15.4 Å². The van der Waals surface area contributed by atoms with Crippen molar-refractivity contribution in [3.63, 3.8) is 0 Å². The van der Waals surface area contributed by atoms with E-state index in [1.54, 1.807) is 17.1 Å². The number of aryl methyl sites for hydroxylation is 1. The van der Waals surface area contributed by atoms with E-state index in [0.29, 0.717) is 5.69 Å².